The molecule has 0 aliphatic carbocycles. The Bertz CT molecular complexity index is 704. The van der Waals surface area contributed by atoms with Gasteiger partial charge in [-0.1, -0.05) is 19.8 Å². The van der Waals surface area contributed by atoms with Crippen molar-refractivity contribution in [2.45, 2.75) is 26.2 Å². The molecule has 1 aromatic carbocycles. The number of carbonyl (C=O) groups is 1. The average Bonchev–Trinajstić information content (AvgIpc) is 2.65. The molecule has 6 heteroatoms. The van der Waals surface area contributed by atoms with E-state index in [1.165, 1.54) is 12.8 Å². The van der Waals surface area contributed by atoms with E-state index in [1.54, 1.807) is 50.7 Å². The van der Waals surface area contributed by atoms with Crippen molar-refractivity contribution in [1.82, 2.24) is 4.98 Å². The van der Waals surface area contributed by atoms with Crippen LogP contribution in [0.5, 0.6) is 11.5 Å². The maximum atomic E-state index is 12.5. The van der Waals surface area contributed by atoms with Crippen molar-refractivity contribution in [1.29, 1.82) is 0 Å². The topological polar surface area (TPSA) is 72.5 Å². The Morgan fingerprint density at radius 2 is 1.88 bits per heavy atom. The SMILES string of the molecule is CCCCCNc1cc(C(=O)Nc2ccc(OC)c(OC)c2)ccn1. The lowest BCUT2D eigenvalue weighted by Gasteiger charge is -2.11. The molecule has 2 N–H and O–H groups in total. The van der Waals surface area contributed by atoms with Crippen molar-refractivity contribution >= 4 is 17.4 Å². The molecule has 0 saturated carbocycles. The van der Waals surface area contributed by atoms with Gasteiger partial charge in [-0.3, -0.25) is 4.79 Å². The second-order valence-electron chi connectivity index (χ2n) is 5.59. The number of benzene rings is 1. The molecule has 0 bridgehead atoms. The third-order valence-corrected chi connectivity index (χ3v) is 3.75. The maximum Gasteiger partial charge on any atom is 0.255 e. The fourth-order valence-electron chi connectivity index (χ4n) is 2.38. The normalized spacial score (nSPS) is 10.2. The molecule has 0 radical (unpaired) electrons. The number of ether oxygens (including phenoxy) is 2. The van der Waals surface area contributed by atoms with Crippen molar-refractivity contribution in [3.63, 3.8) is 0 Å². The molecule has 1 amide bonds. The first-order valence-corrected chi connectivity index (χ1v) is 8.41. The zero-order chi connectivity index (χ0) is 18.1. The number of methoxy groups -OCH3 is 2. The minimum atomic E-state index is -0.203. The number of hydrogen-bond donors (Lipinski definition) is 2. The first kappa shape index (κ1) is 18.6. The summed E-state index contributed by atoms with van der Waals surface area (Å²) >= 11 is 0. The van der Waals surface area contributed by atoms with Crippen LogP contribution in [0.3, 0.4) is 0 Å². The minimum Gasteiger partial charge on any atom is -0.493 e. The van der Waals surface area contributed by atoms with Crippen LogP contribution in [-0.4, -0.2) is 31.7 Å². The summed E-state index contributed by atoms with van der Waals surface area (Å²) in [7, 11) is 3.13. The zero-order valence-electron chi connectivity index (χ0n) is 15.0. The molecule has 1 aromatic heterocycles. The molecular formula is C19H25N3O3. The Morgan fingerprint density at radius 1 is 1.08 bits per heavy atom. The molecule has 0 atom stereocenters. The summed E-state index contributed by atoms with van der Waals surface area (Å²) in [6.45, 7) is 3.01. The average molecular weight is 343 g/mol. The first-order chi connectivity index (χ1) is 12.2. The van der Waals surface area contributed by atoms with E-state index in [-0.39, 0.29) is 5.91 Å². The standard InChI is InChI=1S/C19H25N3O3/c1-4-5-6-10-20-18-12-14(9-11-21-18)19(23)22-15-7-8-16(24-2)17(13-15)25-3/h7-9,11-13H,4-6,10H2,1-3H3,(H,20,21)(H,22,23). The Kier molecular flexibility index (Phi) is 7.07. The molecule has 6 nitrogen and oxygen atoms in total. The Morgan fingerprint density at radius 3 is 2.60 bits per heavy atom. The number of aromatic nitrogens is 1. The van der Waals surface area contributed by atoms with Gasteiger partial charge in [-0.2, -0.15) is 0 Å². The summed E-state index contributed by atoms with van der Waals surface area (Å²) < 4.78 is 10.4. The molecule has 0 unspecified atom stereocenters. The van der Waals surface area contributed by atoms with E-state index in [1.807, 2.05) is 0 Å². The smallest absolute Gasteiger partial charge is 0.255 e. The summed E-state index contributed by atoms with van der Waals surface area (Å²) in [5, 5.41) is 6.10. The summed E-state index contributed by atoms with van der Waals surface area (Å²) in [5.74, 6) is 1.68. The van der Waals surface area contributed by atoms with Gasteiger partial charge in [0.15, 0.2) is 11.5 Å². The van der Waals surface area contributed by atoms with Crippen molar-refractivity contribution in [2.24, 2.45) is 0 Å². The highest BCUT2D eigenvalue weighted by atomic mass is 16.5. The molecule has 0 aliphatic heterocycles. The number of anilines is 2. The predicted octanol–water partition coefficient (Wildman–Crippen LogP) is 3.95. The number of hydrogen-bond acceptors (Lipinski definition) is 5. The van der Waals surface area contributed by atoms with Crippen LogP contribution < -0.4 is 20.1 Å². The van der Waals surface area contributed by atoms with Gasteiger partial charge < -0.3 is 20.1 Å². The van der Waals surface area contributed by atoms with Crippen molar-refractivity contribution in [3.05, 3.63) is 42.1 Å². The van der Waals surface area contributed by atoms with Gasteiger partial charge in [-0.05, 0) is 30.7 Å². The van der Waals surface area contributed by atoms with Gasteiger partial charge in [0.1, 0.15) is 5.82 Å². The molecule has 2 aromatic rings. The molecule has 25 heavy (non-hydrogen) atoms. The van der Waals surface area contributed by atoms with Crippen LogP contribution >= 0.6 is 0 Å². The van der Waals surface area contributed by atoms with Gasteiger partial charge in [0.2, 0.25) is 0 Å². The lowest BCUT2D eigenvalue weighted by molar-refractivity contribution is 0.102. The lowest BCUT2D eigenvalue weighted by Crippen LogP contribution is -2.13. The number of nitrogens with zero attached hydrogens (tertiary/aromatic N) is 1. The summed E-state index contributed by atoms with van der Waals surface area (Å²) in [5.41, 5.74) is 1.18. The number of carbonyl (C=O) groups excluding carboxylic acids is 1. The molecule has 0 fully saturated rings. The quantitative estimate of drug-likeness (QED) is 0.675. The van der Waals surface area contributed by atoms with Crippen LogP contribution in [0.15, 0.2) is 36.5 Å². The number of amides is 1. The molecule has 1 heterocycles. The molecule has 0 aliphatic rings. The summed E-state index contributed by atoms with van der Waals surface area (Å²) in [6.07, 6.45) is 5.06. The van der Waals surface area contributed by atoms with Gasteiger partial charge in [0.05, 0.1) is 14.2 Å². The molecule has 134 valence electrons. The van der Waals surface area contributed by atoms with Gasteiger partial charge in [0, 0.05) is 30.1 Å². The fourth-order valence-corrected chi connectivity index (χ4v) is 2.38. The number of unbranched alkanes of at least 4 members (excludes halogenated alkanes) is 2. The van der Waals surface area contributed by atoms with E-state index in [4.69, 9.17) is 9.47 Å². The van der Waals surface area contributed by atoms with Crippen LogP contribution in [0.4, 0.5) is 11.5 Å². The molecule has 2 rings (SSSR count). The lowest BCUT2D eigenvalue weighted by atomic mass is 10.2. The van der Waals surface area contributed by atoms with Crippen LogP contribution in [-0.2, 0) is 0 Å². The second kappa shape index (κ2) is 9.52. The van der Waals surface area contributed by atoms with E-state index in [9.17, 15) is 4.79 Å². The van der Waals surface area contributed by atoms with Crippen molar-refractivity contribution in [3.8, 4) is 11.5 Å². The van der Waals surface area contributed by atoms with Crippen molar-refractivity contribution < 1.29 is 14.3 Å². The van der Waals surface area contributed by atoms with E-state index >= 15 is 0 Å². The Hall–Kier alpha value is -2.76. The van der Waals surface area contributed by atoms with E-state index in [0.29, 0.717) is 28.6 Å². The maximum absolute atomic E-state index is 12.5. The number of nitrogens with one attached hydrogen (secondary N) is 2. The van der Waals surface area contributed by atoms with Gasteiger partial charge in [0.25, 0.3) is 5.91 Å². The van der Waals surface area contributed by atoms with E-state index < -0.39 is 0 Å². The van der Waals surface area contributed by atoms with E-state index in [0.717, 1.165) is 13.0 Å². The third kappa shape index (κ3) is 5.38. The Balaban J connectivity index is 2.03. The number of rotatable bonds is 9. The fraction of sp³-hybridized carbons (Fsp3) is 0.368. The molecule has 0 spiro atoms. The minimum absolute atomic E-state index is 0.203. The highest BCUT2D eigenvalue weighted by molar-refractivity contribution is 6.04. The zero-order valence-corrected chi connectivity index (χ0v) is 15.0. The third-order valence-electron chi connectivity index (χ3n) is 3.75. The van der Waals surface area contributed by atoms with Crippen LogP contribution in [0, 0.1) is 0 Å². The monoisotopic (exact) mass is 343 g/mol. The van der Waals surface area contributed by atoms with Gasteiger partial charge in [-0.15, -0.1) is 0 Å². The van der Waals surface area contributed by atoms with Gasteiger partial charge >= 0.3 is 0 Å². The second-order valence-corrected chi connectivity index (χ2v) is 5.59. The van der Waals surface area contributed by atoms with Crippen LogP contribution in [0.1, 0.15) is 36.5 Å². The summed E-state index contributed by atoms with van der Waals surface area (Å²) in [6, 6.07) is 8.68. The van der Waals surface area contributed by atoms with Crippen LogP contribution in [0.25, 0.3) is 0 Å². The largest absolute Gasteiger partial charge is 0.493 e. The van der Waals surface area contributed by atoms with Crippen LogP contribution in [0.2, 0.25) is 0 Å². The van der Waals surface area contributed by atoms with Gasteiger partial charge in [-0.25, -0.2) is 4.98 Å². The molecular weight excluding hydrogens is 318 g/mol. The first-order valence-electron chi connectivity index (χ1n) is 8.41. The highest BCUT2D eigenvalue weighted by Gasteiger charge is 2.10. The summed E-state index contributed by atoms with van der Waals surface area (Å²) in [4.78, 5) is 16.7. The highest BCUT2D eigenvalue weighted by Crippen LogP contribution is 2.29. The number of pyridine rings is 1. The Labute approximate surface area is 148 Å². The van der Waals surface area contributed by atoms with E-state index in [2.05, 4.69) is 22.5 Å². The van der Waals surface area contributed by atoms with Crippen molar-refractivity contribution in [2.75, 3.05) is 31.4 Å². The molecule has 0 saturated heterocycles. The predicted molar refractivity (Wildman–Crippen MR) is 99.8 cm³/mol.